The molecule has 1 N–H and O–H groups in total. The topological polar surface area (TPSA) is 78.5 Å². The molecule has 1 aromatic carbocycles. The second-order valence-electron chi connectivity index (χ2n) is 6.76. The maximum absolute atomic E-state index is 13.1. The highest BCUT2D eigenvalue weighted by Crippen LogP contribution is 2.33. The molecule has 1 fully saturated rings. The molecule has 138 valence electrons. The van der Waals surface area contributed by atoms with Gasteiger partial charge in [0, 0.05) is 19.3 Å². The molecular weight excluding hydrogens is 332 g/mol. The quantitative estimate of drug-likeness (QED) is 0.885. The largest absolute Gasteiger partial charge is 0.356 e. The summed E-state index contributed by atoms with van der Waals surface area (Å²) in [6.45, 7) is 4.22. The van der Waals surface area contributed by atoms with Gasteiger partial charge in [-0.05, 0) is 25.5 Å². The van der Waals surface area contributed by atoms with Crippen LogP contribution in [0.4, 0.5) is 0 Å². The van der Waals surface area contributed by atoms with Crippen LogP contribution < -0.4 is 0 Å². The van der Waals surface area contributed by atoms with Crippen LogP contribution in [-0.2, 0) is 20.9 Å². The fourth-order valence-corrected chi connectivity index (χ4v) is 3.35. The zero-order chi connectivity index (χ0) is 18.7. The third kappa shape index (κ3) is 3.62. The molecule has 0 spiro atoms. The summed E-state index contributed by atoms with van der Waals surface area (Å²) in [7, 11) is 1.73. The molecule has 1 saturated heterocycles. The molecule has 1 aliphatic rings. The molecule has 1 aliphatic heterocycles. The van der Waals surface area contributed by atoms with Gasteiger partial charge in [-0.15, -0.1) is 0 Å². The van der Waals surface area contributed by atoms with Crippen LogP contribution in [0.25, 0.3) is 0 Å². The number of ether oxygens (including phenoxy) is 1. The van der Waals surface area contributed by atoms with Crippen molar-refractivity contribution < 1.29 is 14.3 Å². The van der Waals surface area contributed by atoms with Crippen molar-refractivity contribution in [2.75, 3.05) is 13.7 Å². The van der Waals surface area contributed by atoms with Gasteiger partial charge >= 0.3 is 0 Å². The van der Waals surface area contributed by atoms with Crippen LogP contribution in [0.1, 0.15) is 31.1 Å². The van der Waals surface area contributed by atoms with Crippen molar-refractivity contribution in [1.29, 1.82) is 0 Å². The van der Waals surface area contributed by atoms with Crippen LogP contribution in [0.5, 0.6) is 0 Å². The van der Waals surface area contributed by atoms with E-state index in [4.69, 9.17) is 4.74 Å². The molecule has 2 amide bonds. The molecule has 0 saturated carbocycles. The Morgan fingerprint density at radius 2 is 2.08 bits per heavy atom. The monoisotopic (exact) mass is 356 g/mol. The number of nitrogens with one attached hydrogen (secondary N) is 1. The molecule has 2 atom stereocenters. The number of rotatable bonds is 5. The van der Waals surface area contributed by atoms with Crippen molar-refractivity contribution in [3.8, 4) is 0 Å². The molecule has 0 unspecified atom stereocenters. The van der Waals surface area contributed by atoms with Crippen molar-refractivity contribution in [2.24, 2.45) is 0 Å². The summed E-state index contributed by atoms with van der Waals surface area (Å²) in [6, 6.07) is 10.9. The lowest BCUT2D eigenvalue weighted by Crippen LogP contribution is -2.56. The van der Waals surface area contributed by atoms with E-state index < -0.39 is 12.1 Å². The number of likely N-dealkylation sites (N-methyl/N-ethyl adjacent to an activating group) is 1. The second-order valence-corrected chi connectivity index (χ2v) is 6.76. The van der Waals surface area contributed by atoms with Crippen LogP contribution in [-0.4, -0.2) is 57.6 Å². The molecule has 7 nitrogen and oxygen atoms in total. The molecule has 1 aromatic heterocycles. The summed E-state index contributed by atoms with van der Waals surface area (Å²) < 4.78 is 5.73. The minimum Gasteiger partial charge on any atom is -0.356 e. The summed E-state index contributed by atoms with van der Waals surface area (Å²) in [5.74, 6) is -0.263. The molecule has 3 rings (SSSR count). The number of benzene rings is 1. The minimum atomic E-state index is -0.745. The molecule has 2 aromatic rings. The number of nitrogens with zero attached hydrogens (tertiary/aromatic N) is 3. The number of hydrogen-bond donors (Lipinski definition) is 1. The lowest BCUT2D eigenvalue weighted by Gasteiger charge is -2.43. The van der Waals surface area contributed by atoms with Crippen LogP contribution >= 0.6 is 0 Å². The molecule has 0 bridgehead atoms. The van der Waals surface area contributed by atoms with Gasteiger partial charge in [0.1, 0.15) is 6.61 Å². The first kappa shape index (κ1) is 18.1. The number of morpholine rings is 1. The fraction of sp³-hybridized carbons (Fsp3) is 0.421. The van der Waals surface area contributed by atoms with Gasteiger partial charge in [0.2, 0.25) is 5.91 Å². The molecule has 0 aliphatic carbocycles. The minimum absolute atomic E-state index is 0.0372. The predicted molar refractivity (Wildman–Crippen MR) is 96.0 cm³/mol. The number of H-pyrrole nitrogens is 1. The number of aromatic nitrogens is 2. The average Bonchev–Trinajstić information content (AvgIpc) is 3.14. The Hall–Kier alpha value is -2.67. The smallest absolute Gasteiger partial charge is 0.254 e. The van der Waals surface area contributed by atoms with Crippen LogP contribution in [0.15, 0.2) is 42.6 Å². The lowest BCUT2D eigenvalue weighted by atomic mass is 9.95. The fourth-order valence-electron chi connectivity index (χ4n) is 3.35. The van der Waals surface area contributed by atoms with Gasteiger partial charge in [0.05, 0.1) is 18.3 Å². The Kier molecular flexibility index (Phi) is 5.37. The van der Waals surface area contributed by atoms with Gasteiger partial charge in [0.25, 0.3) is 5.91 Å². The van der Waals surface area contributed by atoms with E-state index in [1.807, 2.05) is 50.2 Å². The third-order valence-electron chi connectivity index (χ3n) is 4.54. The van der Waals surface area contributed by atoms with Crippen LogP contribution in [0, 0.1) is 0 Å². The summed E-state index contributed by atoms with van der Waals surface area (Å²) in [6.07, 6.45) is 0.905. The van der Waals surface area contributed by atoms with E-state index in [1.165, 1.54) is 0 Å². The summed E-state index contributed by atoms with van der Waals surface area (Å²) in [5.41, 5.74) is 1.73. The highest BCUT2D eigenvalue weighted by atomic mass is 16.5. The van der Waals surface area contributed by atoms with Crippen molar-refractivity contribution in [1.82, 2.24) is 20.0 Å². The zero-order valence-electron chi connectivity index (χ0n) is 15.3. The first-order chi connectivity index (χ1) is 12.5. The van der Waals surface area contributed by atoms with E-state index in [0.29, 0.717) is 6.54 Å². The van der Waals surface area contributed by atoms with E-state index >= 15 is 0 Å². The number of carbonyl (C=O) groups excluding carboxylic acids is 2. The molecular formula is C19H24N4O3. The number of hydrogen-bond acceptors (Lipinski definition) is 4. The van der Waals surface area contributed by atoms with Crippen LogP contribution in [0.2, 0.25) is 0 Å². The highest BCUT2D eigenvalue weighted by molar-refractivity contribution is 5.86. The van der Waals surface area contributed by atoms with Gasteiger partial charge in [-0.25, -0.2) is 0 Å². The molecule has 2 heterocycles. The van der Waals surface area contributed by atoms with Crippen molar-refractivity contribution in [3.05, 3.63) is 53.9 Å². The van der Waals surface area contributed by atoms with Gasteiger partial charge in [-0.1, -0.05) is 30.3 Å². The van der Waals surface area contributed by atoms with Gasteiger partial charge in [0.15, 0.2) is 6.10 Å². The number of carbonyl (C=O) groups is 2. The Morgan fingerprint density at radius 3 is 2.69 bits per heavy atom. The van der Waals surface area contributed by atoms with Crippen LogP contribution in [0.3, 0.4) is 0 Å². The SMILES string of the molecule is CC(C)N1C(=O)CO[C@H](C(=O)N(C)Cc2ccn[nH]2)[C@H]1c1ccccc1. The molecule has 7 heteroatoms. The Morgan fingerprint density at radius 1 is 1.35 bits per heavy atom. The Bertz CT molecular complexity index is 745. The zero-order valence-corrected chi connectivity index (χ0v) is 15.3. The first-order valence-electron chi connectivity index (χ1n) is 8.70. The van der Waals surface area contributed by atoms with Gasteiger partial charge in [-0.3, -0.25) is 14.7 Å². The van der Waals surface area contributed by atoms with E-state index in [9.17, 15) is 9.59 Å². The highest BCUT2D eigenvalue weighted by Gasteiger charge is 2.43. The van der Waals surface area contributed by atoms with Crippen molar-refractivity contribution in [2.45, 2.75) is 38.6 Å². The van der Waals surface area contributed by atoms with Gasteiger partial charge in [-0.2, -0.15) is 5.10 Å². The normalized spacial score (nSPS) is 20.5. The summed E-state index contributed by atoms with van der Waals surface area (Å²) >= 11 is 0. The molecule has 0 radical (unpaired) electrons. The third-order valence-corrected chi connectivity index (χ3v) is 4.54. The maximum Gasteiger partial charge on any atom is 0.254 e. The van der Waals surface area contributed by atoms with E-state index in [0.717, 1.165) is 11.3 Å². The second kappa shape index (κ2) is 7.70. The van der Waals surface area contributed by atoms with E-state index in [-0.39, 0.29) is 24.5 Å². The van der Waals surface area contributed by atoms with Gasteiger partial charge < -0.3 is 14.5 Å². The standard InChI is InChI=1S/C19H24N4O3/c1-13(2)23-16(24)12-26-18(17(23)14-7-5-4-6-8-14)19(25)22(3)11-15-9-10-20-21-15/h4-10,13,17-18H,11-12H2,1-3H3,(H,20,21)/t17-,18+/m1/s1. The first-order valence-corrected chi connectivity index (χ1v) is 8.70. The average molecular weight is 356 g/mol. The summed E-state index contributed by atoms with van der Waals surface area (Å²) in [5, 5.41) is 6.76. The Labute approximate surface area is 152 Å². The maximum atomic E-state index is 13.1. The Balaban J connectivity index is 1.89. The molecule has 26 heavy (non-hydrogen) atoms. The van der Waals surface area contributed by atoms with Crippen molar-refractivity contribution >= 4 is 11.8 Å². The lowest BCUT2D eigenvalue weighted by molar-refractivity contribution is -0.171. The number of amides is 2. The summed E-state index contributed by atoms with van der Waals surface area (Å²) in [4.78, 5) is 28.9. The number of aromatic amines is 1. The van der Waals surface area contributed by atoms with Crippen molar-refractivity contribution in [3.63, 3.8) is 0 Å². The van der Waals surface area contributed by atoms with E-state index in [1.54, 1.807) is 23.0 Å². The van der Waals surface area contributed by atoms with E-state index in [2.05, 4.69) is 10.2 Å². The predicted octanol–water partition coefficient (Wildman–Crippen LogP) is 1.75.